The van der Waals surface area contributed by atoms with Crippen molar-refractivity contribution in [3.05, 3.63) is 71.4 Å². The molecule has 38 heavy (non-hydrogen) atoms. The highest BCUT2D eigenvalue weighted by molar-refractivity contribution is 5.85. The first kappa shape index (κ1) is 33.0. The van der Waals surface area contributed by atoms with Gasteiger partial charge >= 0.3 is 11.9 Å². The summed E-state index contributed by atoms with van der Waals surface area (Å²) in [4.78, 5) is 35.2. The second-order valence-corrected chi connectivity index (χ2v) is 10.9. The van der Waals surface area contributed by atoms with E-state index in [0.29, 0.717) is 17.9 Å². The highest BCUT2D eigenvalue weighted by Crippen LogP contribution is 2.24. The summed E-state index contributed by atoms with van der Waals surface area (Å²) in [6.07, 6.45) is 16.8. The summed E-state index contributed by atoms with van der Waals surface area (Å²) in [7, 11) is 0. The number of aliphatic hydroxyl groups is 1. The number of aliphatic hydroxyl groups excluding tert-OH is 1. The molecule has 6 heteroatoms. The predicted octanol–water partition coefficient (Wildman–Crippen LogP) is 6.39. The largest absolute Gasteiger partial charge is 0.478 e. The molecule has 0 radical (unpaired) electrons. The summed E-state index contributed by atoms with van der Waals surface area (Å²) in [5.74, 6) is -2.02. The van der Waals surface area contributed by atoms with Crippen LogP contribution in [0.5, 0.6) is 0 Å². The van der Waals surface area contributed by atoms with Crippen LogP contribution in [0.15, 0.2) is 71.4 Å². The molecule has 7 atom stereocenters. The standard InChI is InChI=1S/C32H46O6/c1-20(16-22(3)12-14-28-24(5)13-15-30(35)38-28)10-9-11-21(2)17-25(6)31(36)27(8)32(37)26(7)18-23(4)19-29(33)34/h9,11-17,19-20,24-28,32,37H,10,18H2,1-8H3,(H,33,34)/b11-9+,14-12+,21-17+,22-16+,23-19+/t20-,24+,25+,26-,27+,28+,32-/m1/s1. The van der Waals surface area contributed by atoms with Crippen LogP contribution < -0.4 is 0 Å². The Morgan fingerprint density at radius 1 is 1.05 bits per heavy atom. The lowest BCUT2D eigenvalue weighted by Gasteiger charge is -2.25. The van der Waals surface area contributed by atoms with Gasteiger partial charge in [0.1, 0.15) is 11.9 Å². The molecule has 0 saturated carbocycles. The SMILES string of the molecule is CC(/C=C/[C@@H]1OC(=O)C=C[C@@H]1C)=C\[C@H](C)C/C=C/C(C)=C/[C@H](C)C(=O)[C@H](C)[C@H](O)[C@H](C)C/C(C)=C/C(=O)O. The molecule has 2 N–H and O–H groups in total. The summed E-state index contributed by atoms with van der Waals surface area (Å²) in [5.41, 5.74) is 2.75. The Kier molecular flexibility index (Phi) is 14.0. The van der Waals surface area contributed by atoms with Crippen LogP contribution in [0.2, 0.25) is 0 Å². The number of hydrogen-bond donors (Lipinski definition) is 2. The van der Waals surface area contributed by atoms with Gasteiger partial charge in [0.05, 0.1) is 6.10 Å². The fraction of sp³-hybridized carbons (Fsp3) is 0.531. The smallest absolute Gasteiger partial charge is 0.331 e. The first-order valence-corrected chi connectivity index (χ1v) is 13.4. The quantitative estimate of drug-likeness (QED) is 0.154. The van der Waals surface area contributed by atoms with E-state index in [4.69, 9.17) is 9.84 Å². The summed E-state index contributed by atoms with van der Waals surface area (Å²) in [5, 5.41) is 19.5. The van der Waals surface area contributed by atoms with Crippen molar-refractivity contribution in [3.63, 3.8) is 0 Å². The van der Waals surface area contributed by atoms with Crippen LogP contribution in [0.3, 0.4) is 0 Å². The molecule has 1 heterocycles. The Bertz CT molecular complexity index is 1010. The van der Waals surface area contributed by atoms with Crippen LogP contribution in [0.4, 0.5) is 0 Å². The molecule has 0 spiro atoms. The van der Waals surface area contributed by atoms with Crippen molar-refractivity contribution >= 4 is 17.7 Å². The lowest BCUT2D eigenvalue weighted by Crippen LogP contribution is -2.34. The monoisotopic (exact) mass is 526 g/mol. The fourth-order valence-corrected chi connectivity index (χ4v) is 4.63. The van der Waals surface area contributed by atoms with Gasteiger partial charge in [-0.3, -0.25) is 4.79 Å². The van der Waals surface area contributed by atoms with Crippen LogP contribution in [-0.2, 0) is 19.1 Å². The lowest BCUT2D eigenvalue weighted by atomic mass is 9.83. The van der Waals surface area contributed by atoms with Crippen LogP contribution in [-0.4, -0.2) is 40.1 Å². The lowest BCUT2D eigenvalue weighted by molar-refractivity contribution is -0.143. The highest BCUT2D eigenvalue weighted by Gasteiger charge is 2.29. The van der Waals surface area contributed by atoms with Crippen molar-refractivity contribution < 1.29 is 29.3 Å². The number of aliphatic carboxylic acids is 1. The van der Waals surface area contributed by atoms with E-state index >= 15 is 0 Å². The maximum atomic E-state index is 12.9. The first-order valence-electron chi connectivity index (χ1n) is 13.4. The van der Waals surface area contributed by atoms with Gasteiger partial charge in [0.15, 0.2) is 0 Å². The number of ketones is 1. The number of carbonyl (C=O) groups excluding carboxylic acids is 2. The molecule has 0 saturated heterocycles. The number of carboxylic acids is 1. The van der Waals surface area contributed by atoms with E-state index in [1.807, 2.05) is 65.0 Å². The van der Waals surface area contributed by atoms with E-state index in [9.17, 15) is 19.5 Å². The van der Waals surface area contributed by atoms with Gasteiger partial charge in [-0.15, -0.1) is 0 Å². The van der Waals surface area contributed by atoms with E-state index in [-0.39, 0.29) is 35.6 Å². The second kappa shape index (κ2) is 16.1. The average Bonchev–Trinajstić information content (AvgIpc) is 2.82. The summed E-state index contributed by atoms with van der Waals surface area (Å²) < 4.78 is 5.34. The third kappa shape index (κ3) is 12.0. The van der Waals surface area contributed by atoms with Crippen molar-refractivity contribution in [2.45, 2.75) is 80.4 Å². The average molecular weight is 527 g/mol. The number of carbonyl (C=O) groups is 3. The predicted molar refractivity (Wildman–Crippen MR) is 152 cm³/mol. The number of hydrogen-bond acceptors (Lipinski definition) is 5. The molecule has 6 nitrogen and oxygen atoms in total. The number of cyclic esters (lactones) is 1. The summed E-state index contributed by atoms with van der Waals surface area (Å²) >= 11 is 0. The molecule has 1 rings (SSSR count). The normalized spacial score (nSPS) is 23.3. The van der Waals surface area contributed by atoms with Crippen molar-refractivity contribution in [1.82, 2.24) is 0 Å². The van der Waals surface area contributed by atoms with Gasteiger partial charge in [-0.2, -0.15) is 0 Å². The molecule has 0 aromatic heterocycles. The zero-order valence-corrected chi connectivity index (χ0v) is 24.2. The molecule has 0 aromatic carbocycles. The third-order valence-electron chi connectivity index (χ3n) is 6.81. The molecule has 0 unspecified atom stereocenters. The minimum absolute atomic E-state index is 0.0378. The van der Waals surface area contributed by atoms with Crippen molar-refractivity contribution in [3.8, 4) is 0 Å². The van der Waals surface area contributed by atoms with Gasteiger partial charge < -0.3 is 14.9 Å². The molecule has 0 aliphatic carbocycles. The molecule has 1 aliphatic rings. The number of ether oxygens (including phenoxy) is 1. The van der Waals surface area contributed by atoms with Gasteiger partial charge in [0.25, 0.3) is 0 Å². The molecule has 0 bridgehead atoms. The molecule has 0 aromatic rings. The summed E-state index contributed by atoms with van der Waals surface area (Å²) in [6.45, 7) is 15.3. The van der Waals surface area contributed by atoms with E-state index in [2.05, 4.69) is 19.1 Å². The van der Waals surface area contributed by atoms with Gasteiger partial charge in [-0.25, -0.2) is 9.59 Å². The number of rotatable bonds is 14. The first-order chi connectivity index (χ1) is 17.7. The third-order valence-corrected chi connectivity index (χ3v) is 6.81. The topological polar surface area (TPSA) is 101 Å². The molecule has 0 fully saturated rings. The summed E-state index contributed by atoms with van der Waals surface area (Å²) in [6, 6.07) is 0. The van der Waals surface area contributed by atoms with Crippen molar-refractivity contribution in [1.29, 1.82) is 0 Å². The molecule has 0 amide bonds. The Morgan fingerprint density at radius 2 is 1.68 bits per heavy atom. The van der Waals surface area contributed by atoms with E-state index in [1.54, 1.807) is 13.8 Å². The Morgan fingerprint density at radius 3 is 2.32 bits per heavy atom. The van der Waals surface area contributed by atoms with Crippen LogP contribution >= 0.6 is 0 Å². The van der Waals surface area contributed by atoms with E-state index < -0.39 is 18.0 Å². The molecular formula is C32H46O6. The minimum atomic E-state index is -1.01. The molecule has 210 valence electrons. The van der Waals surface area contributed by atoms with Gasteiger partial charge in [0.2, 0.25) is 0 Å². The van der Waals surface area contributed by atoms with Crippen molar-refractivity contribution in [2.24, 2.45) is 29.6 Å². The van der Waals surface area contributed by atoms with E-state index in [0.717, 1.165) is 23.6 Å². The maximum absolute atomic E-state index is 12.9. The minimum Gasteiger partial charge on any atom is -0.478 e. The van der Waals surface area contributed by atoms with Crippen molar-refractivity contribution in [2.75, 3.05) is 0 Å². The highest BCUT2D eigenvalue weighted by atomic mass is 16.5. The molecule has 1 aliphatic heterocycles. The number of allylic oxidation sites excluding steroid dienone is 8. The maximum Gasteiger partial charge on any atom is 0.331 e. The van der Waals surface area contributed by atoms with Crippen LogP contribution in [0.1, 0.15) is 68.2 Å². The van der Waals surface area contributed by atoms with E-state index in [1.165, 1.54) is 6.08 Å². The number of carboxylic acid groups (broad SMARTS) is 1. The second-order valence-electron chi connectivity index (χ2n) is 10.9. The number of esters is 1. The van der Waals surface area contributed by atoms with Gasteiger partial charge in [-0.05, 0) is 51.5 Å². The Labute approximate surface area is 228 Å². The zero-order chi connectivity index (χ0) is 29.0. The molecular weight excluding hydrogens is 480 g/mol. The Balaban J connectivity index is 2.63. The Hall–Kier alpha value is -2.99. The zero-order valence-electron chi connectivity index (χ0n) is 24.2. The van der Waals surface area contributed by atoms with Gasteiger partial charge in [-0.1, -0.05) is 87.8 Å². The van der Waals surface area contributed by atoms with Crippen LogP contribution in [0.25, 0.3) is 0 Å². The fourth-order valence-electron chi connectivity index (χ4n) is 4.63. The van der Waals surface area contributed by atoms with Crippen LogP contribution in [0, 0.1) is 29.6 Å². The number of Topliss-reactive ketones (excluding diaryl/α,β-unsaturated/α-hetero) is 1. The van der Waals surface area contributed by atoms with Gasteiger partial charge in [0, 0.05) is 29.9 Å².